The third-order valence-corrected chi connectivity index (χ3v) is 4.48. The molecule has 4 atom stereocenters. The number of carbonyl (C=O) groups is 5. The van der Waals surface area contributed by atoms with Gasteiger partial charge in [-0.05, 0) is 31.1 Å². The molecule has 0 aromatic carbocycles. The van der Waals surface area contributed by atoms with Crippen LogP contribution in [-0.4, -0.2) is 75.8 Å². The van der Waals surface area contributed by atoms with Crippen LogP contribution in [0.4, 0.5) is 0 Å². The number of nitrogens with two attached hydrogens (primary N) is 1. The van der Waals surface area contributed by atoms with Crippen molar-refractivity contribution in [3.8, 4) is 0 Å². The maximum atomic E-state index is 12.7. The second-order valence-electron chi connectivity index (χ2n) is 8.50. The summed E-state index contributed by atoms with van der Waals surface area (Å²) in [5, 5.41) is 34.6. The molecule has 0 aliphatic carbocycles. The Morgan fingerprint density at radius 2 is 1.19 bits per heavy atom. The molecule has 0 aliphatic rings. The fourth-order valence-electron chi connectivity index (χ4n) is 2.82. The normalized spacial score (nSPS) is 14.9. The van der Waals surface area contributed by atoms with Gasteiger partial charge in [-0.2, -0.15) is 0 Å². The Balaban J connectivity index is 5.22. The maximum Gasteiger partial charge on any atom is 0.326 e. The zero-order valence-corrected chi connectivity index (χ0v) is 19.0. The first-order valence-corrected chi connectivity index (χ1v) is 10.5. The minimum absolute atomic E-state index is 0.0189. The third-order valence-electron chi connectivity index (χ3n) is 4.48. The van der Waals surface area contributed by atoms with Crippen LogP contribution in [0, 0.1) is 11.8 Å². The average molecular weight is 461 g/mol. The molecule has 0 aliphatic heterocycles. The number of carbonyl (C=O) groups excluding carboxylic acids is 3. The Morgan fingerprint density at radius 3 is 1.62 bits per heavy atom. The third kappa shape index (κ3) is 11.6. The standard InChI is InChI=1S/C20H36N4O8/c1-10(2)7-13(22-17(28)12(21)5-6-16(26)27)18(29)24-15(9-25)19(30)23-14(20(31)32)8-11(3)4/h10-15,25H,5-9,21H2,1-4H3,(H,22,28)(H,23,30)(H,24,29)(H,26,27)(H,31,32). The second kappa shape index (κ2) is 14.4. The zero-order chi connectivity index (χ0) is 25.0. The van der Waals surface area contributed by atoms with E-state index in [1.165, 1.54) is 0 Å². The van der Waals surface area contributed by atoms with Crippen LogP contribution in [-0.2, 0) is 24.0 Å². The summed E-state index contributed by atoms with van der Waals surface area (Å²) in [4.78, 5) is 59.4. The molecule has 8 N–H and O–H groups in total. The topological polar surface area (TPSA) is 208 Å². The van der Waals surface area contributed by atoms with Crippen molar-refractivity contribution >= 4 is 29.7 Å². The first-order chi connectivity index (χ1) is 14.8. The zero-order valence-electron chi connectivity index (χ0n) is 19.0. The number of hydrogen-bond acceptors (Lipinski definition) is 7. The molecule has 12 heteroatoms. The molecule has 0 saturated carbocycles. The lowest BCUT2D eigenvalue weighted by molar-refractivity contribution is -0.143. The number of rotatable bonds is 15. The molecule has 0 radical (unpaired) electrons. The van der Waals surface area contributed by atoms with Gasteiger partial charge in [0.25, 0.3) is 0 Å². The van der Waals surface area contributed by atoms with E-state index in [4.69, 9.17) is 10.8 Å². The Labute approximate surface area is 187 Å². The van der Waals surface area contributed by atoms with Gasteiger partial charge in [0.2, 0.25) is 17.7 Å². The summed E-state index contributed by atoms with van der Waals surface area (Å²) in [6, 6.07) is -4.85. The van der Waals surface area contributed by atoms with Gasteiger partial charge in [0.1, 0.15) is 18.1 Å². The van der Waals surface area contributed by atoms with Crippen molar-refractivity contribution in [3.63, 3.8) is 0 Å². The number of hydrogen-bond donors (Lipinski definition) is 7. The van der Waals surface area contributed by atoms with E-state index in [9.17, 15) is 34.2 Å². The summed E-state index contributed by atoms with van der Waals surface area (Å²) < 4.78 is 0. The van der Waals surface area contributed by atoms with Gasteiger partial charge in [0, 0.05) is 6.42 Å². The van der Waals surface area contributed by atoms with Crippen molar-refractivity contribution in [1.82, 2.24) is 16.0 Å². The van der Waals surface area contributed by atoms with Gasteiger partial charge in [-0.3, -0.25) is 19.2 Å². The number of aliphatic carboxylic acids is 2. The van der Waals surface area contributed by atoms with E-state index in [-0.39, 0.29) is 37.5 Å². The highest BCUT2D eigenvalue weighted by Crippen LogP contribution is 2.08. The molecule has 0 heterocycles. The van der Waals surface area contributed by atoms with E-state index < -0.39 is 60.4 Å². The fraction of sp³-hybridized carbons (Fsp3) is 0.750. The van der Waals surface area contributed by atoms with Gasteiger partial charge in [0.05, 0.1) is 12.6 Å². The Hall–Kier alpha value is -2.73. The lowest BCUT2D eigenvalue weighted by atomic mass is 10.0. The van der Waals surface area contributed by atoms with Crippen molar-refractivity contribution in [3.05, 3.63) is 0 Å². The van der Waals surface area contributed by atoms with Crippen LogP contribution in [0.3, 0.4) is 0 Å². The summed E-state index contributed by atoms with van der Waals surface area (Å²) in [6.07, 6.45) is -0.0870. The van der Waals surface area contributed by atoms with Crippen LogP contribution in [0.2, 0.25) is 0 Å². The molecular weight excluding hydrogens is 424 g/mol. The lowest BCUT2D eigenvalue weighted by Crippen LogP contribution is -2.58. The predicted molar refractivity (Wildman–Crippen MR) is 114 cm³/mol. The van der Waals surface area contributed by atoms with E-state index in [1.807, 2.05) is 0 Å². The summed E-state index contributed by atoms with van der Waals surface area (Å²) >= 11 is 0. The number of carboxylic acid groups (broad SMARTS) is 2. The number of carboxylic acids is 2. The molecule has 0 fully saturated rings. The molecule has 32 heavy (non-hydrogen) atoms. The minimum atomic E-state index is -1.43. The quantitative estimate of drug-likeness (QED) is 0.156. The Bertz CT molecular complexity index is 668. The van der Waals surface area contributed by atoms with E-state index in [0.29, 0.717) is 0 Å². The summed E-state index contributed by atoms with van der Waals surface area (Å²) in [7, 11) is 0. The molecule has 0 spiro atoms. The number of aliphatic hydroxyl groups excluding tert-OH is 1. The van der Waals surface area contributed by atoms with E-state index >= 15 is 0 Å². The monoisotopic (exact) mass is 460 g/mol. The second-order valence-corrected chi connectivity index (χ2v) is 8.50. The molecular formula is C20H36N4O8. The molecule has 4 unspecified atom stereocenters. The molecule has 0 aromatic rings. The van der Waals surface area contributed by atoms with Crippen LogP contribution < -0.4 is 21.7 Å². The van der Waals surface area contributed by atoms with Crippen molar-refractivity contribution in [2.24, 2.45) is 17.6 Å². The number of nitrogens with one attached hydrogen (secondary N) is 3. The van der Waals surface area contributed by atoms with E-state index in [0.717, 1.165) is 0 Å². The van der Waals surface area contributed by atoms with Gasteiger partial charge >= 0.3 is 11.9 Å². The van der Waals surface area contributed by atoms with Crippen molar-refractivity contribution < 1.29 is 39.3 Å². The molecule has 0 aromatic heterocycles. The van der Waals surface area contributed by atoms with Crippen molar-refractivity contribution in [1.29, 1.82) is 0 Å². The Kier molecular flexibility index (Phi) is 13.1. The Morgan fingerprint density at radius 1 is 0.750 bits per heavy atom. The van der Waals surface area contributed by atoms with Gasteiger partial charge in [-0.1, -0.05) is 27.7 Å². The van der Waals surface area contributed by atoms with Crippen LogP contribution >= 0.6 is 0 Å². The number of amides is 3. The first-order valence-electron chi connectivity index (χ1n) is 10.5. The highest BCUT2D eigenvalue weighted by atomic mass is 16.4. The van der Waals surface area contributed by atoms with Crippen LogP contribution in [0.25, 0.3) is 0 Å². The van der Waals surface area contributed by atoms with Gasteiger partial charge in [-0.25, -0.2) is 4.79 Å². The minimum Gasteiger partial charge on any atom is -0.481 e. The smallest absolute Gasteiger partial charge is 0.326 e. The van der Waals surface area contributed by atoms with Gasteiger partial charge < -0.3 is 37.0 Å². The van der Waals surface area contributed by atoms with Crippen LogP contribution in [0.5, 0.6) is 0 Å². The van der Waals surface area contributed by atoms with E-state index in [2.05, 4.69) is 16.0 Å². The largest absolute Gasteiger partial charge is 0.481 e. The highest BCUT2D eigenvalue weighted by Gasteiger charge is 2.30. The van der Waals surface area contributed by atoms with Crippen molar-refractivity contribution in [2.75, 3.05) is 6.61 Å². The van der Waals surface area contributed by atoms with E-state index in [1.54, 1.807) is 27.7 Å². The molecule has 0 rings (SSSR count). The molecule has 12 nitrogen and oxygen atoms in total. The maximum absolute atomic E-state index is 12.7. The summed E-state index contributed by atoms with van der Waals surface area (Å²) in [6.45, 7) is 6.39. The predicted octanol–water partition coefficient (Wildman–Crippen LogP) is -1.20. The van der Waals surface area contributed by atoms with Gasteiger partial charge in [0.15, 0.2) is 0 Å². The lowest BCUT2D eigenvalue weighted by Gasteiger charge is -2.25. The molecule has 3 amide bonds. The molecule has 0 saturated heterocycles. The molecule has 184 valence electrons. The summed E-state index contributed by atoms with van der Waals surface area (Å²) in [5.74, 6) is -4.77. The summed E-state index contributed by atoms with van der Waals surface area (Å²) in [5.41, 5.74) is 5.68. The first kappa shape index (κ1) is 29.3. The van der Waals surface area contributed by atoms with Crippen LogP contribution in [0.1, 0.15) is 53.4 Å². The SMILES string of the molecule is CC(C)CC(NC(=O)C(CO)NC(=O)C(CC(C)C)NC(=O)C(N)CCC(=O)O)C(=O)O. The average Bonchev–Trinajstić information content (AvgIpc) is 2.67. The van der Waals surface area contributed by atoms with Crippen LogP contribution in [0.15, 0.2) is 0 Å². The number of aliphatic hydroxyl groups is 1. The van der Waals surface area contributed by atoms with Gasteiger partial charge in [-0.15, -0.1) is 0 Å². The fourth-order valence-corrected chi connectivity index (χ4v) is 2.82. The molecule has 0 bridgehead atoms. The van der Waals surface area contributed by atoms with Crippen molar-refractivity contribution in [2.45, 2.75) is 77.5 Å². The highest BCUT2D eigenvalue weighted by molar-refractivity contribution is 5.94.